The smallest absolute Gasteiger partial charge is 0.410 e. The average Bonchev–Trinajstić information content (AvgIpc) is 3.24. The van der Waals surface area contributed by atoms with Gasteiger partial charge in [-0.25, -0.2) is 4.79 Å². The number of unbranched alkanes of at least 4 members (excludes halogenated alkanes) is 24. The van der Waals surface area contributed by atoms with E-state index in [2.05, 4.69) is 30.6 Å². The number of hydrogen-bond donors (Lipinski definition) is 0. The van der Waals surface area contributed by atoms with Crippen LogP contribution in [-0.4, -0.2) is 103 Å². The van der Waals surface area contributed by atoms with E-state index in [1.807, 2.05) is 25.7 Å². The fourth-order valence-electron chi connectivity index (χ4n) is 8.50. The highest BCUT2D eigenvalue weighted by Gasteiger charge is 2.26. The number of rotatable bonds is 42. The van der Waals surface area contributed by atoms with Crippen molar-refractivity contribution < 1.29 is 28.6 Å². The third-order valence-corrected chi connectivity index (χ3v) is 12.5. The van der Waals surface area contributed by atoms with Crippen LogP contribution in [0.5, 0.6) is 0 Å². The standard InChI is InChI=1S/C53H103N3O6/c1-7-10-13-16-19-20-21-27-35-48-60-50(57)38-32-28-34-41-54(42-43-55-44-46-56(47-45-55)52(59)62-53(4,5)6)40-33-26-22-25-31-39-51(58)61-49(36-29-23-17-14-11-8-2)37-30-24-18-15-12-9-3/h49H,7-48H2,1-6H3. The van der Waals surface area contributed by atoms with Gasteiger partial charge >= 0.3 is 18.0 Å². The second-order valence-corrected chi connectivity index (χ2v) is 19.8. The minimum atomic E-state index is -0.476. The van der Waals surface area contributed by atoms with Crippen molar-refractivity contribution in [3.63, 3.8) is 0 Å². The van der Waals surface area contributed by atoms with Crippen LogP contribution in [0, 0.1) is 0 Å². The lowest BCUT2D eigenvalue weighted by Crippen LogP contribution is -2.51. The van der Waals surface area contributed by atoms with Gasteiger partial charge in [-0.2, -0.15) is 0 Å². The molecule has 9 heteroatoms. The van der Waals surface area contributed by atoms with Gasteiger partial charge in [0, 0.05) is 52.1 Å². The molecule has 0 unspecified atom stereocenters. The Labute approximate surface area is 384 Å². The van der Waals surface area contributed by atoms with Gasteiger partial charge in [0.2, 0.25) is 0 Å². The van der Waals surface area contributed by atoms with E-state index >= 15 is 0 Å². The molecule has 1 aliphatic heterocycles. The quantitative estimate of drug-likeness (QED) is 0.0340. The van der Waals surface area contributed by atoms with E-state index in [-0.39, 0.29) is 24.1 Å². The molecule has 1 fully saturated rings. The summed E-state index contributed by atoms with van der Waals surface area (Å²) in [5, 5.41) is 0. The maximum atomic E-state index is 12.9. The van der Waals surface area contributed by atoms with Crippen molar-refractivity contribution in [2.24, 2.45) is 0 Å². The number of hydrogen-bond acceptors (Lipinski definition) is 8. The maximum absolute atomic E-state index is 12.9. The molecule has 1 aliphatic rings. The molecular formula is C53H103N3O6. The number of piperazine rings is 1. The first-order valence-corrected chi connectivity index (χ1v) is 26.9. The van der Waals surface area contributed by atoms with Crippen LogP contribution in [0.15, 0.2) is 0 Å². The summed E-state index contributed by atoms with van der Waals surface area (Å²) in [6, 6.07) is 0. The van der Waals surface area contributed by atoms with E-state index in [1.165, 1.54) is 128 Å². The van der Waals surface area contributed by atoms with E-state index in [4.69, 9.17) is 14.2 Å². The molecular weight excluding hydrogens is 775 g/mol. The van der Waals surface area contributed by atoms with Crippen molar-refractivity contribution in [1.29, 1.82) is 0 Å². The van der Waals surface area contributed by atoms with Crippen molar-refractivity contribution in [3.05, 3.63) is 0 Å². The number of carbonyl (C=O) groups excluding carboxylic acids is 3. The number of esters is 2. The molecule has 0 aliphatic carbocycles. The molecule has 366 valence electrons. The van der Waals surface area contributed by atoms with Gasteiger partial charge in [0.05, 0.1) is 6.61 Å². The topological polar surface area (TPSA) is 88.6 Å². The third kappa shape index (κ3) is 36.5. The van der Waals surface area contributed by atoms with Gasteiger partial charge in [-0.3, -0.25) is 14.5 Å². The van der Waals surface area contributed by atoms with Gasteiger partial charge in [-0.1, -0.05) is 162 Å². The maximum Gasteiger partial charge on any atom is 0.410 e. The molecule has 0 aromatic heterocycles. The number of nitrogens with zero attached hydrogens (tertiary/aromatic N) is 3. The molecule has 62 heavy (non-hydrogen) atoms. The Morgan fingerprint density at radius 1 is 0.500 bits per heavy atom. The lowest BCUT2D eigenvalue weighted by atomic mass is 10.0. The van der Waals surface area contributed by atoms with Gasteiger partial charge in [0.25, 0.3) is 0 Å². The lowest BCUT2D eigenvalue weighted by molar-refractivity contribution is -0.150. The molecule has 0 bridgehead atoms. The second-order valence-electron chi connectivity index (χ2n) is 19.8. The van der Waals surface area contributed by atoms with Crippen LogP contribution in [0.2, 0.25) is 0 Å². The summed E-state index contributed by atoms with van der Waals surface area (Å²) in [6.45, 7) is 20.4. The van der Waals surface area contributed by atoms with Crippen LogP contribution in [0.1, 0.15) is 253 Å². The first-order chi connectivity index (χ1) is 30.1. The van der Waals surface area contributed by atoms with Gasteiger partial charge < -0.3 is 24.0 Å². The fourth-order valence-corrected chi connectivity index (χ4v) is 8.50. The monoisotopic (exact) mass is 878 g/mol. The summed E-state index contributed by atoms with van der Waals surface area (Å²) in [5.74, 6) is -0.0292. The molecule has 0 saturated carbocycles. The zero-order valence-corrected chi connectivity index (χ0v) is 42.1. The predicted octanol–water partition coefficient (Wildman–Crippen LogP) is 14.2. The first kappa shape index (κ1) is 58.1. The van der Waals surface area contributed by atoms with E-state index in [0.717, 1.165) is 110 Å². The largest absolute Gasteiger partial charge is 0.466 e. The van der Waals surface area contributed by atoms with Crippen molar-refractivity contribution in [1.82, 2.24) is 14.7 Å². The Bertz CT molecular complexity index is 1030. The first-order valence-electron chi connectivity index (χ1n) is 26.9. The lowest BCUT2D eigenvalue weighted by Gasteiger charge is -2.36. The highest BCUT2D eigenvalue weighted by molar-refractivity contribution is 5.69. The minimum Gasteiger partial charge on any atom is -0.466 e. The Morgan fingerprint density at radius 2 is 0.919 bits per heavy atom. The van der Waals surface area contributed by atoms with Crippen LogP contribution in [0.25, 0.3) is 0 Å². The summed E-state index contributed by atoms with van der Waals surface area (Å²) in [5.41, 5.74) is -0.476. The van der Waals surface area contributed by atoms with Gasteiger partial charge in [0.15, 0.2) is 0 Å². The van der Waals surface area contributed by atoms with E-state index in [9.17, 15) is 14.4 Å². The van der Waals surface area contributed by atoms with Crippen LogP contribution < -0.4 is 0 Å². The third-order valence-electron chi connectivity index (χ3n) is 12.5. The molecule has 0 atom stereocenters. The van der Waals surface area contributed by atoms with E-state index < -0.39 is 5.60 Å². The van der Waals surface area contributed by atoms with Crippen LogP contribution in [-0.2, 0) is 23.8 Å². The van der Waals surface area contributed by atoms with Crippen LogP contribution in [0.4, 0.5) is 4.79 Å². The SMILES string of the molecule is CCCCCCCCCCCOC(=O)CCCCCN(CCCCCCCC(=O)OC(CCCCCCCC)CCCCCCCC)CCN1CCN(C(=O)OC(C)(C)C)CC1. The number of ether oxygens (including phenoxy) is 3. The summed E-state index contributed by atoms with van der Waals surface area (Å²) < 4.78 is 17.2. The molecule has 1 heterocycles. The fraction of sp³-hybridized carbons (Fsp3) is 0.943. The van der Waals surface area contributed by atoms with Crippen molar-refractivity contribution in [3.8, 4) is 0 Å². The van der Waals surface area contributed by atoms with E-state index in [1.54, 1.807) is 0 Å². The second kappa shape index (κ2) is 40.6. The molecule has 0 radical (unpaired) electrons. The minimum absolute atomic E-state index is 0.0112. The molecule has 9 nitrogen and oxygen atoms in total. The highest BCUT2D eigenvalue weighted by atomic mass is 16.6. The van der Waals surface area contributed by atoms with Gasteiger partial charge in [-0.05, 0) is 91.6 Å². The van der Waals surface area contributed by atoms with Gasteiger partial charge in [-0.15, -0.1) is 0 Å². The van der Waals surface area contributed by atoms with Crippen molar-refractivity contribution in [2.45, 2.75) is 265 Å². The van der Waals surface area contributed by atoms with Crippen molar-refractivity contribution in [2.75, 3.05) is 59.0 Å². The molecule has 0 aromatic rings. The predicted molar refractivity (Wildman–Crippen MR) is 261 cm³/mol. The zero-order chi connectivity index (χ0) is 45.4. The normalized spacial score (nSPS) is 13.6. The molecule has 0 aromatic carbocycles. The number of amides is 1. The highest BCUT2D eigenvalue weighted by Crippen LogP contribution is 2.19. The Morgan fingerprint density at radius 3 is 1.42 bits per heavy atom. The molecule has 1 amide bonds. The van der Waals surface area contributed by atoms with E-state index in [0.29, 0.717) is 32.5 Å². The molecule has 1 rings (SSSR count). The Balaban J connectivity index is 2.43. The summed E-state index contributed by atoms with van der Waals surface area (Å²) in [6.07, 6.45) is 38.2. The van der Waals surface area contributed by atoms with Crippen LogP contribution >= 0.6 is 0 Å². The molecule has 1 saturated heterocycles. The number of carbonyl (C=O) groups is 3. The summed E-state index contributed by atoms with van der Waals surface area (Å²) in [4.78, 5) is 44.8. The van der Waals surface area contributed by atoms with Crippen LogP contribution in [0.3, 0.4) is 0 Å². The summed E-state index contributed by atoms with van der Waals surface area (Å²) >= 11 is 0. The molecule has 0 spiro atoms. The van der Waals surface area contributed by atoms with Gasteiger partial charge in [0.1, 0.15) is 11.7 Å². The average molecular weight is 878 g/mol. The zero-order valence-electron chi connectivity index (χ0n) is 42.1. The molecule has 0 N–H and O–H groups in total. The Hall–Kier alpha value is -1.87. The van der Waals surface area contributed by atoms with Crippen molar-refractivity contribution >= 4 is 18.0 Å². The Kier molecular flexibility index (Phi) is 38.1. The summed E-state index contributed by atoms with van der Waals surface area (Å²) in [7, 11) is 0.